The molecule has 4 rings (SSSR count). The summed E-state index contributed by atoms with van der Waals surface area (Å²) in [6.07, 6.45) is 13.9. The number of H-pyrrole nitrogens is 1. The Kier molecular flexibility index (Phi) is 6.69. The number of aromatic amines is 1. The number of benzene rings is 1. The summed E-state index contributed by atoms with van der Waals surface area (Å²) in [5.41, 5.74) is 2.50. The van der Waals surface area contributed by atoms with Crippen molar-refractivity contribution in [2.24, 2.45) is 5.92 Å². The van der Waals surface area contributed by atoms with Crippen LogP contribution in [0.4, 0.5) is 0 Å². The van der Waals surface area contributed by atoms with Crippen molar-refractivity contribution < 1.29 is 4.79 Å². The number of aromatic nitrogens is 1. The first kappa shape index (κ1) is 19.5. The van der Waals surface area contributed by atoms with Crippen molar-refractivity contribution in [1.82, 2.24) is 15.2 Å². The highest BCUT2D eigenvalue weighted by molar-refractivity contribution is 5.83. The SMILES string of the molecule is O=C(CCCc1c[nH]c2ccccc12)NC1CCN(CC2CCCCC2)CC1. The standard InChI is InChI=1S/C24H35N3O/c28-24(12-6-9-20-17-25-23-11-5-4-10-22(20)23)26-21-13-15-27(16-14-21)18-19-7-2-1-3-8-19/h4-5,10-11,17,19,21,25H,1-3,6-9,12-16,18H2,(H,26,28). The van der Waals surface area contributed by atoms with E-state index < -0.39 is 0 Å². The van der Waals surface area contributed by atoms with Crippen LogP contribution in [0.25, 0.3) is 10.9 Å². The summed E-state index contributed by atoms with van der Waals surface area (Å²) in [5.74, 6) is 1.15. The Morgan fingerprint density at radius 3 is 2.68 bits per heavy atom. The highest BCUT2D eigenvalue weighted by atomic mass is 16.1. The van der Waals surface area contributed by atoms with Crippen LogP contribution in [0.5, 0.6) is 0 Å². The number of para-hydroxylation sites is 1. The van der Waals surface area contributed by atoms with Crippen molar-refractivity contribution in [3.8, 4) is 0 Å². The Labute approximate surface area is 169 Å². The molecule has 28 heavy (non-hydrogen) atoms. The molecule has 2 heterocycles. The lowest BCUT2D eigenvalue weighted by molar-refractivity contribution is -0.122. The zero-order valence-corrected chi connectivity index (χ0v) is 17.1. The summed E-state index contributed by atoms with van der Waals surface area (Å²) in [5, 5.41) is 4.57. The van der Waals surface area contributed by atoms with Gasteiger partial charge < -0.3 is 15.2 Å². The third-order valence-electron chi connectivity index (χ3n) is 6.72. The van der Waals surface area contributed by atoms with Gasteiger partial charge >= 0.3 is 0 Å². The van der Waals surface area contributed by atoms with E-state index in [1.165, 1.54) is 55.1 Å². The van der Waals surface area contributed by atoms with Crippen LogP contribution in [0.1, 0.15) is 63.4 Å². The summed E-state index contributed by atoms with van der Waals surface area (Å²) in [4.78, 5) is 18.3. The zero-order chi connectivity index (χ0) is 19.2. The van der Waals surface area contributed by atoms with Crippen LogP contribution in [-0.2, 0) is 11.2 Å². The number of nitrogens with one attached hydrogen (secondary N) is 2. The second-order valence-electron chi connectivity index (χ2n) is 8.86. The summed E-state index contributed by atoms with van der Waals surface area (Å²) >= 11 is 0. The molecule has 1 aromatic carbocycles. The van der Waals surface area contributed by atoms with E-state index >= 15 is 0 Å². The number of amides is 1. The lowest BCUT2D eigenvalue weighted by Gasteiger charge is -2.35. The van der Waals surface area contributed by atoms with Crippen molar-refractivity contribution in [2.75, 3.05) is 19.6 Å². The molecule has 0 spiro atoms. The fourth-order valence-electron chi connectivity index (χ4n) is 5.07. The molecule has 1 aromatic heterocycles. The minimum atomic E-state index is 0.227. The first-order chi connectivity index (χ1) is 13.8. The Morgan fingerprint density at radius 2 is 1.86 bits per heavy atom. The summed E-state index contributed by atoms with van der Waals surface area (Å²) in [6.45, 7) is 3.58. The summed E-state index contributed by atoms with van der Waals surface area (Å²) in [6, 6.07) is 8.76. The molecular weight excluding hydrogens is 346 g/mol. The number of aryl methyl sites for hydroxylation is 1. The number of piperidine rings is 1. The van der Waals surface area contributed by atoms with E-state index in [4.69, 9.17) is 0 Å². The van der Waals surface area contributed by atoms with Gasteiger partial charge in [-0.3, -0.25) is 4.79 Å². The number of carbonyl (C=O) groups excluding carboxylic acids is 1. The average Bonchev–Trinajstić information content (AvgIpc) is 3.14. The number of carbonyl (C=O) groups is 1. The fourth-order valence-corrected chi connectivity index (χ4v) is 5.07. The van der Waals surface area contributed by atoms with Crippen molar-refractivity contribution in [3.63, 3.8) is 0 Å². The van der Waals surface area contributed by atoms with Gasteiger partial charge in [0.25, 0.3) is 0 Å². The Balaban J connectivity index is 1.14. The summed E-state index contributed by atoms with van der Waals surface area (Å²) in [7, 11) is 0. The van der Waals surface area contributed by atoms with E-state index in [2.05, 4.69) is 45.7 Å². The summed E-state index contributed by atoms with van der Waals surface area (Å²) < 4.78 is 0. The van der Waals surface area contributed by atoms with Gasteiger partial charge in [-0.15, -0.1) is 0 Å². The maximum atomic E-state index is 12.4. The van der Waals surface area contributed by atoms with Gasteiger partial charge in [0, 0.05) is 49.2 Å². The topological polar surface area (TPSA) is 48.1 Å². The highest BCUT2D eigenvalue weighted by Gasteiger charge is 2.23. The molecule has 0 bridgehead atoms. The zero-order valence-electron chi connectivity index (χ0n) is 17.1. The third-order valence-corrected chi connectivity index (χ3v) is 6.72. The molecule has 152 valence electrons. The van der Waals surface area contributed by atoms with E-state index in [0.29, 0.717) is 12.5 Å². The normalized spacial score (nSPS) is 19.9. The van der Waals surface area contributed by atoms with Gasteiger partial charge in [-0.05, 0) is 56.1 Å². The van der Waals surface area contributed by atoms with E-state index in [1.807, 2.05) is 0 Å². The van der Waals surface area contributed by atoms with E-state index in [1.54, 1.807) is 0 Å². The molecule has 2 aromatic rings. The molecule has 0 atom stereocenters. The van der Waals surface area contributed by atoms with E-state index in [9.17, 15) is 4.79 Å². The molecule has 0 unspecified atom stereocenters. The van der Waals surface area contributed by atoms with E-state index in [-0.39, 0.29) is 5.91 Å². The molecule has 4 heteroatoms. The largest absolute Gasteiger partial charge is 0.361 e. The molecule has 0 radical (unpaired) electrons. The van der Waals surface area contributed by atoms with Crippen molar-refractivity contribution in [2.45, 2.75) is 70.3 Å². The van der Waals surface area contributed by atoms with E-state index in [0.717, 1.165) is 44.7 Å². The average molecular weight is 382 g/mol. The second-order valence-corrected chi connectivity index (χ2v) is 8.86. The second kappa shape index (κ2) is 9.60. The Morgan fingerprint density at radius 1 is 1.07 bits per heavy atom. The van der Waals surface area contributed by atoms with Gasteiger partial charge in [0.2, 0.25) is 5.91 Å². The first-order valence-corrected chi connectivity index (χ1v) is 11.3. The molecule has 1 aliphatic carbocycles. The monoisotopic (exact) mass is 381 g/mol. The quantitative estimate of drug-likeness (QED) is 0.733. The van der Waals surface area contributed by atoms with Gasteiger partial charge in [0.1, 0.15) is 0 Å². The van der Waals surface area contributed by atoms with Crippen LogP contribution in [0.2, 0.25) is 0 Å². The predicted molar refractivity (Wildman–Crippen MR) is 115 cm³/mol. The highest BCUT2D eigenvalue weighted by Crippen LogP contribution is 2.25. The molecule has 2 aliphatic rings. The van der Waals surface area contributed by atoms with Crippen molar-refractivity contribution in [3.05, 3.63) is 36.0 Å². The lowest BCUT2D eigenvalue weighted by Crippen LogP contribution is -2.45. The number of fused-ring (bicyclic) bond motifs is 1. The fraction of sp³-hybridized carbons (Fsp3) is 0.625. The molecular formula is C24H35N3O. The molecule has 2 fully saturated rings. The Hall–Kier alpha value is -1.81. The van der Waals surface area contributed by atoms with Crippen molar-refractivity contribution in [1.29, 1.82) is 0 Å². The van der Waals surface area contributed by atoms with Crippen LogP contribution < -0.4 is 5.32 Å². The predicted octanol–water partition coefficient (Wildman–Crippen LogP) is 4.65. The van der Waals surface area contributed by atoms with Gasteiger partial charge in [0.15, 0.2) is 0 Å². The van der Waals surface area contributed by atoms with Crippen LogP contribution >= 0.6 is 0 Å². The van der Waals surface area contributed by atoms with Crippen LogP contribution in [0.3, 0.4) is 0 Å². The van der Waals surface area contributed by atoms with Gasteiger partial charge in [-0.25, -0.2) is 0 Å². The number of hydrogen-bond acceptors (Lipinski definition) is 2. The lowest BCUT2D eigenvalue weighted by atomic mass is 9.88. The van der Waals surface area contributed by atoms with Crippen LogP contribution in [-0.4, -0.2) is 41.5 Å². The maximum Gasteiger partial charge on any atom is 0.220 e. The maximum absolute atomic E-state index is 12.4. The number of nitrogens with zero attached hydrogens (tertiary/aromatic N) is 1. The van der Waals surface area contributed by atoms with Crippen LogP contribution in [0, 0.1) is 5.92 Å². The third kappa shape index (κ3) is 5.16. The first-order valence-electron chi connectivity index (χ1n) is 11.3. The molecule has 1 saturated heterocycles. The number of hydrogen-bond donors (Lipinski definition) is 2. The molecule has 1 saturated carbocycles. The molecule has 1 amide bonds. The van der Waals surface area contributed by atoms with Crippen LogP contribution in [0.15, 0.2) is 30.5 Å². The van der Waals surface area contributed by atoms with Crippen molar-refractivity contribution >= 4 is 16.8 Å². The number of rotatable bonds is 7. The van der Waals surface area contributed by atoms with Gasteiger partial charge in [0.05, 0.1) is 0 Å². The minimum absolute atomic E-state index is 0.227. The Bertz CT molecular complexity index is 754. The molecule has 2 N–H and O–H groups in total. The van der Waals surface area contributed by atoms with Gasteiger partial charge in [-0.1, -0.05) is 37.5 Å². The number of likely N-dealkylation sites (tertiary alicyclic amines) is 1. The van der Waals surface area contributed by atoms with Gasteiger partial charge in [-0.2, -0.15) is 0 Å². The minimum Gasteiger partial charge on any atom is -0.361 e. The smallest absolute Gasteiger partial charge is 0.220 e. The molecule has 4 nitrogen and oxygen atoms in total. The molecule has 1 aliphatic heterocycles.